The van der Waals surface area contributed by atoms with Crippen molar-refractivity contribution in [3.8, 4) is 0 Å². The zero-order valence-corrected chi connectivity index (χ0v) is 12.2. The first-order valence-electron chi connectivity index (χ1n) is 5.74. The van der Waals surface area contributed by atoms with Crippen LogP contribution in [-0.2, 0) is 13.1 Å². The minimum atomic E-state index is 0.807. The van der Waals surface area contributed by atoms with Gasteiger partial charge in [0.05, 0.1) is 34.4 Å². The van der Waals surface area contributed by atoms with Crippen LogP contribution < -0.4 is 0 Å². The van der Waals surface area contributed by atoms with Crippen molar-refractivity contribution in [1.82, 2.24) is 19.3 Å². The Kier molecular flexibility index (Phi) is 3.38. The van der Waals surface area contributed by atoms with Gasteiger partial charge in [0, 0.05) is 12.2 Å². The molecule has 0 atom stereocenters. The predicted molar refractivity (Wildman–Crippen MR) is 71.1 cm³/mol. The van der Waals surface area contributed by atoms with Crippen LogP contribution >= 0.6 is 15.9 Å². The Labute approximate surface area is 110 Å². The maximum absolute atomic E-state index is 4.50. The summed E-state index contributed by atoms with van der Waals surface area (Å²) in [6, 6.07) is 0. The summed E-state index contributed by atoms with van der Waals surface area (Å²) in [5.74, 6) is 0. The quantitative estimate of drug-likeness (QED) is 0.873. The highest BCUT2D eigenvalue weighted by molar-refractivity contribution is 9.10. The molecule has 0 radical (unpaired) electrons. The lowest BCUT2D eigenvalue weighted by Gasteiger charge is -2.08. The zero-order chi connectivity index (χ0) is 12.6. The van der Waals surface area contributed by atoms with E-state index < -0.39 is 0 Å². The van der Waals surface area contributed by atoms with Crippen LogP contribution in [0.1, 0.15) is 29.7 Å². The molecule has 0 aliphatic heterocycles. The van der Waals surface area contributed by atoms with E-state index in [1.165, 1.54) is 11.4 Å². The van der Waals surface area contributed by atoms with E-state index in [4.69, 9.17) is 0 Å². The Balaban J connectivity index is 2.39. The van der Waals surface area contributed by atoms with Crippen molar-refractivity contribution in [2.75, 3.05) is 0 Å². The summed E-state index contributed by atoms with van der Waals surface area (Å²) >= 11 is 3.61. The molecule has 0 saturated heterocycles. The van der Waals surface area contributed by atoms with Crippen molar-refractivity contribution in [2.45, 2.75) is 40.8 Å². The monoisotopic (exact) mass is 296 g/mol. The number of aryl methyl sites for hydroxylation is 3. The molecule has 2 aromatic heterocycles. The maximum atomic E-state index is 4.50. The van der Waals surface area contributed by atoms with Crippen molar-refractivity contribution < 1.29 is 0 Å². The lowest BCUT2D eigenvalue weighted by molar-refractivity contribution is 0.592. The van der Waals surface area contributed by atoms with Gasteiger partial charge < -0.3 is 4.57 Å². The molecule has 17 heavy (non-hydrogen) atoms. The Bertz CT molecular complexity index is 539. The normalized spacial score (nSPS) is 11.1. The van der Waals surface area contributed by atoms with Gasteiger partial charge >= 0.3 is 0 Å². The third kappa shape index (κ3) is 2.16. The average molecular weight is 297 g/mol. The molecule has 0 bridgehead atoms. The third-order valence-corrected chi connectivity index (χ3v) is 4.15. The van der Waals surface area contributed by atoms with Gasteiger partial charge in [0.1, 0.15) is 0 Å². The van der Waals surface area contributed by atoms with E-state index in [2.05, 4.69) is 44.4 Å². The largest absolute Gasteiger partial charge is 0.329 e. The molecular formula is C12H17BrN4. The van der Waals surface area contributed by atoms with Gasteiger partial charge in [-0.05, 0) is 43.6 Å². The molecule has 2 rings (SSSR count). The first kappa shape index (κ1) is 12.4. The summed E-state index contributed by atoms with van der Waals surface area (Å²) in [7, 11) is 0. The minimum absolute atomic E-state index is 0.807. The lowest BCUT2D eigenvalue weighted by Crippen LogP contribution is -2.08. The average Bonchev–Trinajstić information content (AvgIpc) is 2.76. The molecule has 0 spiro atoms. The third-order valence-electron chi connectivity index (χ3n) is 3.12. The molecule has 2 aromatic rings. The molecule has 92 valence electrons. The van der Waals surface area contributed by atoms with E-state index in [9.17, 15) is 0 Å². The standard InChI is InChI=1S/C12H17BrN4/c1-5-17-11(12(13)9(3)15-17)6-16-7-14-8(2)10(16)4/h7H,5-6H2,1-4H3. The van der Waals surface area contributed by atoms with Gasteiger partial charge in [-0.3, -0.25) is 4.68 Å². The first-order valence-corrected chi connectivity index (χ1v) is 6.54. The van der Waals surface area contributed by atoms with Gasteiger partial charge in [-0.25, -0.2) is 4.98 Å². The van der Waals surface area contributed by atoms with E-state index in [-0.39, 0.29) is 0 Å². The van der Waals surface area contributed by atoms with Crippen LogP contribution in [0.4, 0.5) is 0 Å². The van der Waals surface area contributed by atoms with Gasteiger partial charge in [-0.2, -0.15) is 5.10 Å². The second-order valence-electron chi connectivity index (χ2n) is 4.21. The van der Waals surface area contributed by atoms with Gasteiger partial charge in [-0.1, -0.05) is 0 Å². The van der Waals surface area contributed by atoms with Crippen molar-refractivity contribution in [3.63, 3.8) is 0 Å². The molecule has 0 aliphatic rings. The van der Waals surface area contributed by atoms with Crippen molar-refractivity contribution in [1.29, 1.82) is 0 Å². The molecule has 2 heterocycles. The van der Waals surface area contributed by atoms with E-state index in [1.807, 2.05) is 24.9 Å². The van der Waals surface area contributed by atoms with Crippen molar-refractivity contribution in [3.05, 3.63) is 33.6 Å². The molecule has 0 unspecified atom stereocenters. The SMILES string of the molecule is CCn1nc(C)c(Br)c1Cn1cnc(C)c1C. The number of rotatable bonds is 3. The molecular weight excluding hydrogens is 280 g/mol. The van der Waals surface area contributed by atoms with Gasteiger partial charge in [0.15, 0.2) is 0 Å². The van der Waals surface area contributed by atoms with Crippen LogP contribution in [0.25, 0.3) is 0 Å². The minimum Gasteiger partial charge on any atom is -0.329 e. The summed E-state index contributed by atoms with van der Waals surface area (Å²) in [5, 5.41) is 4.50. The number of aromatic nitrogens is 4. The highest BCUT2D eigenvalue weighted by atomic mass is 79.9. The highest BCUT2D eigenvalue weighted by Gasteiger charge is 2.13. The van der Waals surface area contributed by atoms with Crippen LogP contribution in [0.15, 0.2) is 10.8 Å². The van der Waals surface area contributed by atoms with Crippen LogP contribution in [0, 0.1) is 20.8 Å². The van der Waals surface area contributed by atoms with Gasteiger partial charge in [0.25, 0.3) is 0 Å². The summed E-state index contributed by atoms with van der Waals surface area (Å²) in [6.45, 7) is 9.94. The molecule has 5 heteroatoms. The molecule has 0 aliphatic carbocycles. The van der Waals surface area contributed by atoms with E-state index in [0.717, 1.165) is 29.0 Å². The Morgan fingerprint density at radius 1 is 1.24 bits per heavy atom. The molecule has 0 aromatic carbocycles. The van der Waals surface area contributed by atoms with Crippen molar-refractivity contribution in [2.24, 2.45) is 0 Å². The second-order valence-corrected chi connectivity index (χ2v) is 5.00. The van der Waals surface area contributed by atoms with Gasteiger partial charge in [-0.15, -0.1) is 0 Å². The van der Waals surface area contributed by atoms with E-state index in [0.29, 0.717) is 0 Å². The molecule has 0 N–H and O–H groups in total. The number of hydrogen-bond acceptors (Lipinski definition) is 2. The van der Waals surface area contributed by atoms with Crippen LogP contribution in [0.5, 0.6) is 0 Å². The summed E-state index contributed by atoms with van der Waals surface area (Å²) < 4.78 is 5.29. The van der Waals surface area contributed by atoms with Crippen molar-refractivity contribution >= 4 is 15.9 Å². The summed E-state index contributed by atoms with van der Waals surface area (Å²) in [5.41, 5.74) is 4.53. The highest BCUT2D eigenvalue weighted by Crippen LogP contribution is 2.22. The Hall–Kier alpha value is -1.10. The fourth-order valence-electron chi connectivity index (χ4n) is 1.88. The topological polar surface area (TPSA) is 35.6 Å². The van der Waals surface area contributed by atoms with E-state index in [1.54, 1.807) is 0 Å². The molecule has 4 nitrogen and oxygen atoms in total. The smallest absolute Gasteiger partial charge is 0.0955 e. The van der Waals surface area contributed by atoms with Gasteiger partial charge in [0.2, 0.25) is 0 Å². The Morgan fingerprint density at radius 3 is 2.47 bits per heavy atom. The molecule has 0 amide bonds. The summed E-state index contributed by atoms with van der Waals surface area (Å²) in [4.78, 5) is 4.32. The second kappa shape index (κ2) is 4.64. The number of nitrogens with zero attached hydrogens (tertiary/aromatic N) is 4. The number of halogens is 1. The fraction of sp³-hybridized carbons (Fsp3) is 0.500. The molecule has 0 fully saturated rings. The van der Waals surface area contributed by atoms with Crippen LogP contribution in [0.2, 0.25) is 0 Å². The predicted octanol–water partition coefficient (Wildman–Crippen LogP) is 2.84. The summed E-state index contributed by atoms with van der Waals surface area (Å²) in [6.07, 6.45) is 1.89. The number of imidazole rings is 1. The first-order chi connectivity index (χ1) is 8.04. The Morgan fingerprint density at radius 2 is 1.94 bits per heavy atom. The maximum Gasteiger partial charge on any atom is 0.0955 e. The molecule has 0 saturated carbocycles. The van der Waals surface area contributed by atoms with Crippen LogP contribution in [-0.4, -0.2) is 19.3 Å². The lowest BCUT2D eigenvalue weighted by atomic mass is 10.3. The number of hydrogen-bond donors (Lipinski definition) is 0. The zero-order valence-electron chi connectivity index (χ0n) is 10.7. The fourth-order valence-corrected chi connectivity index (χ4v) is 2.29. The van der Waals surface area contributed by atoms with Crippen LogP contribution in [0.3, 0.4) is 0 Å². The van der Waals surface area contributed by atoms with E-state index >= 15 is 0 Å².